The molecule has 0 unspecified atom stereocenters. The first-order chi connectivity index (χ1) is 8.75. The first kappa shape index (κ1) is 12.6. The van der Waals surface area contributed by atoms with E-state index in [4.69, 9.17) is 5.73 Å². The maximum absolute atomic E-state index is 11.9. The van der Waals surface area contributed by atoms with E-state index in [1.807, 2.05) is 4.90 Å². The SMILES string of the molecule is Nc1cncc(NCCC(=O)N2CCCCC2)n1. The van der Waals surface area contributed by atoms with Crippen LogP contribution in [-0.4, -0.2) is 40.4 Å². The monoisotopic (exact) mass is 249 g/mol. The second kappa shape index (κ2) is 6.18. The zero-order valence-corrected chi connectivity index (χ0v) is 10.4. The molecular formula is C12H19N5O. The van der Waals surface area contributed by atoms with Crippen molar-refractivity contribution >= 4 is 17.5 Å². The number of hydrogen-bond donors (Lipinski definition) is 2. The van der Waals surface area contributed by atoms with Crippen LogP contribution in [0.4, 0.5) is 11.6 Å². The van der Waals surface area contributed by atoms with E-state index in [1.54, 1.807) is 6.20 Å². The molecule has 0 aromatic carbocycles. The maximum Gasteiger partial charge on any atom is 0.224 e. The molecule has 0 saturated carbocycles. The Hall–Kier alpha value is -1.85. The first-order valence-corrected chi connectivity index (χ1v) is 6.35. The molecule has 98 valence electrons. The smallest absolute Gasteiger partial charge is 0.224 e. The molecule has 0 radical (unpaired) electrons. The lowest BCUT2D eigenvalue weighted by atomic mass is 10.1. The Morgan fingerprint density at radius 1 is 1.33 bits per heavy atom. The number of rotatable bonds is 4. The molecule has 6 heteroatoms. The fourth-order valence-corrected chi connectivity index (χ4v) is 2.07. The number of nitrogens with two attached hydrogens (primary N) is 1. The summed E-state index contributed by atoms with van der Waals surface area (Å²) in [5.41, 5.74) is 5.52. The van der Waals surface area contributed by atoms with E-state index < -0.39 is 0 Å². The highest BCUT2D eigenvalue weighted by molar-refractivity contribution is 5.76. The molecule has 1 aliphatic rings. The van der Waals surface area contributed by atoms with Gasteiger partial charge in [-0.05, 0) is 19.3 Å². The van der Waals surface area contributed by atoms with Crippen LogP contribution in [-0.2, 0) is 4.79 Å². The molecule has 1 fully saturated rings. The molecule has 2 rings (SSSR count). The molecule has 0 atom stereocenters. The zero-order valence-electron chi connectivity index (χ0n) is 10.4. The van der Waals surface area contributed by atoms with Crippen molar-refractivity contribution < 1.29 is 4.79 Å². The van der Waals surface area contributed by atoms with Crippen LogP contribution < -0.4 is 11.1 Å². The molecule has 1 amide bonds. The summed E-state index contributed by atoms with van der Waals surface area (Å²) in [4.78, 5) is 21.8. The van der Waals surface area contributed by atoms with Crippen molar-refractivity contribution in [2.45, 2.75) is 25.7 Å². The molecule has 18 heavy (non-hydrogen) atoms. The number of hydrogen-bond acceptors (Lipinski definition) is 5. The van der Waals surface area contributed by atoms with Crippen LogP contribution in [0.25, 0.3) is 0 Å². The van der Waals surface area contributed by atoms with Crippen molar-refractivity contribution in [2.24, 2.45) is 0 Å². The van der Waals surface area contributed by atoms with Crippen molar-refractivity contribution in [1.82, 2.24) is 14.9 Å². The minimum Gasteiger partial charge on any atom is -0.382 e. The lowest BCUT2D eigenvalue weighted by Gasteiger charge is -2.26. The number of nitrogens with one attached hydrogen (secondary N) is 1. The molecule has 0 aliphatic carbocycles. The summed E-state index contributed by atoms with van der Waals surface area (Å²) in [6.45, 7) is 2.36. The summed E-state index contributed by atoms with van der Waals surface area (Å²) in [6.07, 6.45) is 7.06. The molecule has 0 spiro atoms. The number of aromatic nitrogens is 2. The second-order valence-electron chi connectivity index (χ2n) is 4.45. The number of carbonyl (C=O) groups is 1. The lowest BCUT2D eigenvalue weighted by Crippen LogP contribution is -2.36. The molecule has 0 bridgehead atoms. The number of amides is 1. The molecule has 1 aliphatic heterocycles. The highest BCUT2D eigenvalue weighted by Gasteiger charge is 2.15. The molecular weight excluding hydrogens is 230 g/mol. The number of nitrogens with zero attached hydrogens (tertiary/aromatic N) is 3. The van der Waals surface area contributed by atoms with Crippen LogP contribution in [0.2, 0.25) is 0 Å². The molecule has 1 saturated heterocycles. The van der Waals surface area contributed by atoms with Crippen LogP contribution in [0.3, 0.4) is 0 Å². The van der Waals surface area contributed by atoms with Gasteiger partial charge in [-0.2, -0.15) is 0 Å². The Morgan fingerprint density at radius 2 is 2.11 bits per heavy atom. The quantitative estimate of drug-likeness (QED) is 0.827. The van der Waals surface area contributed by atoms with Crippen molar-refractivity contribution in [3.63, 3.8) is 0 Å². The van der Waals surface area contributed by atoms with Gasteiger partial charge in [-0.15, -0.1) is 0 Å². The number of piperidine rings is 1. The molecule has 3 N–H and O–H groups in total. The van der Waals surface area contributed by atoms with Crippen molar-refractivity contribution in [2.75, 3.05) is 30.7 Å². The average Bonchev–Trinajstić information content (AvgIpc) is 2.40. The minimum absolute atomic E-state index is 0.207. The van der Waals surface area contributed by atoms with Gasteiger partial charge in [0.05, 0.1) is 12.4 Å². The van der Waals surface area contributed by atoms with E-state index in [9.17, 15) is 4.79 Å². The summed E-state index contributed by atoms with van der Waals surface area (Å²) in [5, 5.41) is 3.05. The van der Waals surface area contributed by atoms with E-state index in [2.05, 4.69) is 15.3 Å². The zero-order chi connectivity index (χ0) is 12.8. The summed E-state index contributed by atoms with van der Waals surface area (Å²) >= 11 is 0. The Balaban J connectivity index is 1.73. The lowest BCUT2D eigenvalue weighted by molar-refractivity contribution is -0.131. The summed E-state index contributed by atoms with van der Waals surface area (Å²) in [6, 6.07) is 0. The Morgan fingerprint density at radius 3 is 2.83 bits per heavy atom. The van der Waals surface area contributed by atoms with Crippen molar-refractivity contribution in [1.29, 1.82) is 0 Å². The standard InChI is InChI=1S/C12H19N5O/c13-10-8-14-9-11(16-10)15-5-4-12(18)17-6-2-1-3-7-17/h8-9H,1-7H2,(H3,13,15,16). The van der Waals surface area contributed by atoms with Gasteiger partial charge in [0.25, 0.3) is 0 Å². The van der Waals surface area contributed by atoms with Crippen molar-refractivity contribution in [3.05, 3.63) is 12.4 Å². The molecule has 2 heterocycles. The van der Waals surface area contributed by atoms with Gasteiger partial charge in [-0.1, -0.05) is 0 Å². The van der Waals surface area contributed by atoms with Crippen LogP contribution in [0, 0.1) is 0 Å². The fourth-order valence-electron chi connectivity index (χ4n) is 2.07. The summed E-state index contributed by atoms with van der Waals surface area (Å²) in [5.74, 6) is 1.20. The summed E-state index contributed by atoms with van der Waals surface area (Å²) < 4.78 is 0. The Labute approximate surface area is 107 Å². The topological polar surface area (TPSA) is 84.1 Å². The van der Waals surface area contributed by atoms with Crippen LogP contribution in [0.5, 0.6) is 0 Å². The number of likely N-dealkylation sites (tertiary alicyclic amines) is 1. The third kappa shape index (κ3) is 3.58. The molecule has 6 nitrogen and oxygen atoms in total. The average molecular weight is 249 g/mol. The number of carbonyl (C=O) groups excluding carboxylic acids is 1. The third-order valence-corrected chi connectivity index (χ3v) is 3.01. The highest BCUT2D eigenvalue weighted by atomic mass is 16.2. The number of anilines is 2. The van der Waals surface area contributed by atoms with Crippen molar-refractivity contribution in [3.8, 4) is 0 Å². The minimum atomic E-state index is 0.207. The van der Waals surface area contributed by atoms with E-state index in [-0.39, 0.29) is 5.91 Å². The Kier molecular flexibility index (Phi) is 4.33. The summed E-state index contributed by atoms with van der Waals surface area (Å²) in [7, 11) is 0. The van der Waals surface area contributed by atoms with Gasteiger partial charge >= 0.3 is 0 Å². The largest absolute Gasteiger partial charge is 0.382 e. The van der Waals surface area contributed by atoms with Crippen LogP contribution in [0.15, 0.2) is 12.4 Å². The third-order valence-electron chi connectivity index (χ3n) is 3.01. The number of nitrogen functional groups attached to an aromatic ring is 1. The van der Waals surface area contributed by atoms with Crippen LogP contribution in [0.1, 0.15) is 25.7 Å². The Bertz CT molecular complexity index is 403. The van der Waals surface area contributed by atoms with Gasteiger partial charge in [0.15, 0.2) is 0 Å². The second-order valence-corrected chi connectivity index (χ2v) is 4.45. The van der Waals surface area contributed by atoms with E-state index in [0.717, 1.165) is 25.9 Å². The predicted octanol–water partition coefficient (Wildman–Crippen LogP) is 0.873. The maximum atomic E-state index is 11.9. The van der Waals surface area contributed by atoms with E-state index >= 15 is 0 Å². The predicted molar refractivity (Wildman–Crippen MR) is 70.0 cm³/mol. The first-order valence-electron chi connectivity index (χ1n) is 6.35. The van der Waals surface area contributed by atoms with Gasteiger partial charge in [0.1, 0.15) is 11.6 Å². The van der Waals surface area contributed by atoms with Gasteiger partial charge in [0.2, 0.25) is 5.91 Å². The van der Waals surface area contributed by atoms with Gasteiger partial charge < -0.3 is 16.0 Å². The molecule has 1 aromatic rings. The van der Waals surface area contributed by atoms with Crippen LogP contribution >= 0.6 is 0 Å². The van der Waals surface area contributed by atoms with E-state index in [0.29, 0.717) is 24.6 Å². The van der Waals surface area contributed by atoms with Gasteiger partial charge in [0, 0.05) is 26.1 Å². The van der Waals surface area contributed by atoms with Gasteiger partial charge in [-0.3, -0.25) is 9.78 Å². The van der Waals surface area contributed by atoms with E-state index in [1.165, 1.54) is 12.6 Å². The van der Waals surface area contributed by atoms with Gasteiger partial charge in [-0.25, -0.2) is 4.98 Å². The fraction of sp³-hybridized carbons (Fsp3) is 0.583. The normalized spacial score (nSPS) is 15.4. The molecule has 1 aromatic heterocycles. The highest BCUT2D eigenvalue weighted by Crippen LogP contribution is 2.10.